The molecule has 2 heterocycles. The smallest absolute Gasteiger partial charge is 0.350 e. The first kappa shape index (κ1) is 19.4. The number of aryl methyl sites for hydroxylation is 1. The Morgan fingerprint density at radius 2 is 2.07 bits per heavy atom. The molecule has 1 aromatic carbocycles. The topological polar surface area (TPSA) is 97.0 Å². The summed E-state index contributed by atoms with van der Waals surface area (Å²) in [6.07, 6.45) is 0.628. The highest BCUT2D eigenvalue weighted by molar-refractivity contribution is 8.00. The number of aromatic amines is 1. The number of H-pyrrole nitrogens is 1. The van der Waals surface area contributed by atoms with Crippen molar-refractivity contribution in [2.24, 2.45) is 0 Å². The lowest BCUT2D eigenvalue weighted by Gasteiger charge is -2.11. The molecule has 1 atom stereocenters. The van der Waals surface area contributed by atoms with E-state index < -0.39 is 5.97 Å². The van der Waals surface area contributed by atoms with E-state index in [1.54, 1.807) is 13.8 Å². The van der Waals surface area contributed by atoms with Crippen molar-refractivity contribution in [2.75, 3.05) is 11.9 Å². The van der Waals surface area contributed by atoms with Gasteiger partial charge in [-0.3, -0.25) is 4.79 Å². The summed E-state index contributed by atoms with van der Waals surface area (Å²) >= 11 is 2.50. The molecule has 0 aliphatic heterocycles. The Hall–Kier alpha value is -2.39. The fraction of sp³-hybridized carbons (Fsp3) is 0.333. The quantitative estimate of drug-likeness (QED) is 0.456. The van der Waals surface area contributed by atoms with Gasteiger partial charge in [-0.05, 0) is 32.4 Å². The number of rotatable bonds is 7. The van der Waals surface area contributed by atoms with Gasteiger partial charge in [0.15, 0.2) is 10.3 Å². The summed E-state index contributed by atoms with van der Waals surface area (Å²) in [5, 5.41) is 3.56. The van der Waals surface area contributed by atoms with Crippen molar-refractivity contribution in [1.82, 2.24) is 15.0 Å². The fourth-order valence-electron chi connectivity index (χ4n) is 2.46. The molecule has 9 heteroatoms. The summed E-state index contributed by atoms with van der Waals surface area (Å²) in [6.45, 7) is 5.71. The van der Waals surface area contributed by atoms with E-state index in [4.69, 9.17) is 4.74 Å². The second kappa shape index (κ2) is 8.53. The number of para-hydroxylation sites is 2. The molecule has 0 fully saturated rings. The molecule has 0 saturated carbocycles. The van der Waals surface area contributed by atoms with Gasteiger partial charge in [0.2, 0.25) is 5.91 Å². The molecule has 0 aliphatic rings. The lowest BCUT2D eigenvalue weighted by molar-refractivity contribution is -0.115. The van der Waals surface area contributed by atoms with Crippen LogP contribution in [0.1, 0.15) is 35.6 Å². The Labute approximate surface area is 164 Å². The van der Waals surface area contributed by atoms with E-state index >= 15 is 0 Å². The number of anilines is 1. The van der Waals surface area contributed by atoms with Gasteiger partial charge in [-0.2, -0.15) is 0 Å². The van der Waals surface area contributed by atoms with Crippen molar-refractivity contribution in [3.05, 3.63) is 34.8 Å². The van der Waals surface area contributed by atoms with Crippen LogP contribution in [-0.2, 0) is 9.53 Å². The number of carbonyl (C=O) groups is 2. The van der Waals surface area contributed by atoms with Crippen molar-refractivity contribution >= 4 is 51.1 Å². The zero-order valence-electron chi connectivity index (χ0n) is 15.2. The number of nitrogens with one attached hydrogen (secondary N) is 2. The van der Waals surface area contributed by atoms with Crippen molar-refractivity contribution in [2.45, 2.75) is 37.6 Å². The maximum atomic E-state index is 12.7. The second-order valence-electron chi connectivity index (χ2n) is 5.72. The van der Waals surface area contributed by atoms with Crippen LogP contribution in [-0.4, -0.2) is 38.7 Å². The van der Waals surface area contributed by atoms with E-state index in [-0.39, 0.29) is 11.2 Å². The lowest BCUT2D eigenvalue weighted by Crippen LogP contribution is -2.24. The van der Waals surface area contributed by atoms with Gasteiger partial charge >= 0.3 is 5.97 Å². The predicted octanol–water partition coefficient (Wildman–Crippen LogP) is 4.01. The number of amides is 1. The molecule has 142 valence electrons. The molecule has 27 heavy (non-hydrogen) atoms. The van der Waals surface area contributed by atoms with E-state index in [1.165, 1.54) is 11.8 Å². The van der Waals surface area contributed by atoms with Crippen LogP contribution in [0.3, 0.4) is 0 Å². The van der Waals surface area contributed by atoms with Gasteiger partial charge in [0.1, 0.15) is 4.88 Å². The molecular weight excluding hydrogens is 384 g/mol. The Balaban J connectivity index is 1.70. The van der Waals surface area contributed by atoms with Crippen molar-refractivity contribution in [3.63, 3.8) is 0 Å². The SMILES string of the molecule is CCOC(=O)c1sc(NC(=O)[C@@H](CC)Sc2nc3ccccc3[nH]2)nc1C. The summed E-state index contributed by atoms with van der Waals surface area (Å²) in [5.74, 6) is -0.594. The van der Waals surface area contributed by atoms with Crippen LogP contribution in [0.25, 0.3) is 11.0 Å². The Morgan fingerprint density at radius 1 is 1.30 bits per heavy atom. The predicted molar refractivity (Wildman–Crippen MR) is 107 cm³/mol. The average molecular weight is 405 g/mol. The number of imidazole rings is 1. The highest BCUT2D eigenvalue weighted by atomic mass is 32.2. The molecule has 0 radical (unpaired) electrons. The first-order chi connectivity index (χ1) is 13.0. The summed E-state index contributed by atoms with van der Waals surface area (Å²) < 4.78 is 5.01. The van der Waals surface area contributed by atoms with Crippen LogP contribution in [0, 0.1) is 6.92 Å². The molecular formula is C18H20N4O3S2. The number of hydrogen-bond donors (Lipinski definition) is 2. The van der Waals surface area contributed by atoms with Crippen molar-refractivity contribution in [3.8, 4) is 0 Å². The normalized spacial score (nSPS) is 12.1. The monoisotopic (exact) mass is 404 g/mol. The molecule has 0 spiro atoms. The zero-order chi connectivity index (χ0) is 19.4. The highest BCUT2D eigenvalue weighted by Gasteiger charge is 2.23. The molecule has 2 aromatic heterocycles. The Morgan fingerprint density at radius 3 is 2.78 bits per heavy atom. The first-order valence-corrected chi connectivity index (χ1v) is 10.3. The lowest BCUT2D eigenvalue weighted by atomic mass is 10.3. The molecule has 3 rings (SSSR count). The third kappa shape index (κ3) is 4.48. The summed E-state index contributed by atoms with van der Waals surface area (Å²) in [4.78, 5) is 37.0. The van der Waals surface area contributed by atoms with Crippen LogP contribution in [0.5, 0.6) is 0 Å². The largest absolute Gasteiger partial charge is 0.462 e. The molecule has 1 amide bonds. The molecule has 0 aliphatic carbocycles. The van der Waals surface area contributed by atoms with Crippen molar-refractivity contribution in [1.29, 1.82) is 0 Å². The number of benzene rings is 1. The van der Waals surface area contributed by atoms with Crippen LogP contribution in [0.4, 0.5) is 5.13 Å². The van der Waals surface area contributed by atoms with E-state index in [0.717, 1.165) is 22.4 Å². The molecule has 3 aromatic rings. The maximum absolute atomic E-state index is 12.7. The number of thioether (sulfide) groups is 1. The van der Waals surface area contributed by atoms with Gasteiger partial charge in [-0.1, -0.05) is 42.2 Å². The van der Waals surface area contributed by atoms with Gasteiger partial charge in [0, 0.05) is 0 Å². The molecule has 0 saturated heterocycles. The van der Waals surface area contributed by atoms with Crippen LogP contribution < -0.4 is 5.32 Å². The minimum Gasteiger partial charge on any atom is -0.462 e. The summed E-state index contributed by atoms with van der Waals surface area (Å²) in [7, 11) is 0. The third-order valence-corrected chi connectivity index (χ3v) is 6.07. The number of hydrogen-bond acceptors (Lipinski definition) is 7. The van der Waals surface area contributed by atoms with Crippen molar-refractivity contribution < 1.29 is 14.3 Å². The Kier molecular flexibility index (Phi) is 6.12. The molecule has 0 unspecified atom stereocenters. The van der Waals surface area contributed by atoms with E-state index in [0.29, 0.717) is 33.9 Å². The summed E-state index contributed by atoms with van der Waals surface area (Å²) in [6, 6.07) is 7.73. The number of esters is 1. The number of nitrogens with zero attached hydrogens (tertiary/aromatic N) is 2. The van der Waals surface area contributed by atoms with E-state index in [9.17, 15) is 9.59 Å². The molecule has 7 nitrogen and oxygen atoms in total. The van der Waals surface area contributed by atoms with Crippen LogP contribution in [0.2, 0.25) is 0 Å². The van der Waals surface area contributed by atoms with Gasteiger partial charge in [-0.15, -0.1) is 0 Å². The Bertz CT molecular complexity index is 934. The number of carbonyl (C=O) groups excluding carboxylic acids is 2. The first-order valence-electron chi connectivity index (χ1n) is 8.58. The second-order valence-corrected chi connectivity index (χ2v) is 7.91. The van der Waals surface area contributed by atoms with Gasteiger partial charge in [0.05, 0.1) is 28.6 Å². The molecule has 0 bridgehead atoms. The number of fused-ring (bicyclic) bond motifs is 1. The van der Waals surface area contributed by atoms with Crippen LogP contribution in [0.15, 0.2) is 29.4 Å². The number of aromatic nitrogens is 3. The third-order valence-electron chi connectivity index (χ3n) is 3.77. The maximum Gasteiger partial charge on any atom is 0.350 e. The zero-order valence-corrected chi connectivity index (χ0v) is 16.9. The molecule has 2 N–H and O–H groups in total. The standard InChI is InChI=1S/C18H20N4O3S2/c1-4-13(26-18-20-11-8-6-7-9-12(11)21-18)15(23)22-17-19-10(3)14(27-17)16(24)25-5-2/h6-9,13H,4-5H2,1-3H3,(H,20,21)(H,19,22,23)/t13-/m1/s1. The highest BCUT2D eigenvalue weighted by Crippen LogP contribution is 2.28. The van der Waals surface area contributed by atoms with Gasteiger partial charge in [-0.25, -0.2) is 14.8 Å². The van der Waals surface area contributed by atoms with Gasteiger partial charge < -0.3 is 15.0 Å². The van der Waals surface area contributed by atoms with E-state index in [1.807, 2.05) is 31.2 Å². The van der Waals surface area contributed by atoms with Crippen LogP contribution >= 0.6 is 23.1 Å². The minimum atomic E-state index is -0.420. The number of ether oxygens (including phenoxy) is 1. The van der Waals surface area contributed by atoms with Gasteiger partial charge in [0.25, 0.3) is 0 Å². The average Bonchev–Trinajstić information content (AvgIpc) is 3.22. The minimum absolute atomic E-state index is 0.174. The summed E-state index contributed by atoms with van der Waals surface area (Å²) in [5.41, 5.74) is 2.35. The van der Waals surface area contributed by atoms with E-state index in [2.05, 4.69) is 20.3 Å². The number of thiazole rings is 1. The fourth-order valence-corrected chi connectivity index (χ4v) is 4.25.